The molecule has 1 saturated heterocycles. The minimum atomic E-state index is -0.594. The van der Waals surface area contributed by atoms with Gasteiger partial charge in [0.25, 0.3) is 0 Å². The fraction of sp³-hybridized carbons (Fsp3) is 0.529. The lowest BCUT2D eigenvalue weighted by Crippen LogP contribution is -2.64. The Bertz CT molecular complexity index is 670. The van der Waals surface area contributed by atoms with E-state index in [4.69, 9.17) is 4.74 Å². The van der Waals surface area contributed by atoms with Crippen LogP contribution < -0.4 is 4.74 Å². The number of likely N-dealkylation sites (N-methyl/N-ethyl adjacent to an activating group) is 1. The van der Waals surface area contributed by atoms with E-state index in [9.17, 15) is 10.2 Å². The molecular weight excluding hydrogens is 266 g/mol. The maximum absolute atomic E-state index is 10.4. The van der Waals surface area contributed by atoms with Crippen molar-refractivity contribution < 1.29 is 14.9 Å². The van der Waals surface area contributed by atoms with Crippen molar-refractivity contribution in [1.82, 2.24) is 4.90 Å². The minimum Gasteiger partial charge on any atom is -0.504 e. The predicted molar refractivity (Wildman–Crippen MR) is 77.6 cm³/mol. The van der Waals surface area contributed by atoms with Crippen molar-refractivity contribution in [3.05, 3.63) is 35.4 Å². The zero-order chi connectivity index (χ0) is 14.4. The van der Waals surface area contributed by atoms with Gasteiger partial charge in [-0.25, -0.2) is 0 Å². The van der Waals surface area contributed by atoms with Crippen LogP contribution in [-0.4, -0.2) is 47.0 Å². The summed E-state index contributed by atoms with van der Waals surface area (Å²) in [7, 11) is 2.19. The first kappa shape index (κ1) is 12.1. The molecule has 110 valence electrons. The van der Waals surface area contributed by atoms with E-state index >= 15 is 0 Å². The van der Waals surface area contributed by atoms with Gasteiger partial charge in [-0.3, -0.25) is 0 Å². The number of phenolic OH excluding ortho intramolecular Hbond substituents is 1. The standard InChI is InChI=1S/C17H19NO3/c1-18-7-6-17-10-3-5-13(20)16(17)21-15-12(19)4-2-9(14(15)17)8-11(10)18/h2-5,10-11,13,16,19-20H,6-8H2,1H3/t10-,11+,13?,16-,17-/m0/s1. The van der Waals surface area contributed by atoms with Crippen molar-refractivity contribution in [2.45, 2.75) is 36.5 Å². The number of aliphatic hydroxyl groups is 1. The normalized spacial score (nSPS) is 42.6. The van der Waals surface area contributed by atoms with Crippen molar-refractivity contribution in [2.75, 3.05) is 13.6 Å². The summed E-state index contributed by atoms with van der Waals surface area (Å²) in [5.41, 5.74) is 2.29. The van der Waals surface area contributed by atoms with Crippen molar-refractivity contribution >= 4 is 0 Å². The molecule has 0 saturated carbocycles. The van der Waals surface area contributed by atoms with Gasteiger partial charge in [-0.05, 0) is 38.1 Å². The lowest BCUT2D eigenvalue weighted by atomic mass is 9.53. The highest BCUT2D eigenvalue weighted by Crippen LogP contribution is 2.62. The van der Waals surface area contributed by atoms with Crippen LogP contribution in [0.5, 0.6) is 11.5 Å². The van der Waals surface area contributed by atoms with Gasteiger partial charge in [-0.2, -0.15) is 0 Å². The summed E-state index contributed by atoms with van der Waals surface area (Å²) in [6.45, 7) is 1.01. The lowest BCUT2D eigenvalue weighted by Gasteiger charge is -2.56. The average Bonchev–Trinajstić information content (AvgIpc) is 2.83. The molecule has 1 fully saturated rings. The predicted octanol–water partition coefficient (Wildman–Crippen LogP) is 1.20. The summed E-state index contributed by atoms with van der Waals surface area (Å²) in [6.07, 6.45) is 5.18. The van der Waals surface area contributed by atoms with E-state index in [2.05, 4.69) is 18.0 Å². The van der Waals surface area contributed by atoms with Crippen molar-refractivity contribution in [3.63, 3.8) is 0 Å². The van der Waals surface area contributed by atoms with E-state index in [1.807, 2.05) is 12.1 Å². The molecule has 2 bridgehead atoms. The molecule has 0 radical (unpaired) electrons. The second kappa shape index (κ2) is 3.62. The number of rotatable bonds is 0. The molecule has 4 nitrogen and oxygen atoms in total. The van der Waals surface area contributed by atoms with E-state index in [0.29, 0.717) is 17.7 Å². The Morgan fingerprint density at radius 1 is 1.33 bits per heavy atom. The number of aliphatic hydroxyl groups excluding tert-OH is 1. The summed E-state index contributed by atoms with van der Waals surface area (Å²) >= 11 is 0. The van der Waals surface area contributed by atoms with Crippen molar-refractivity contribution in [1.29, 1.82) is 0 Å². The molecule has 5 atom stereocenters. The lowest BCUT2D eigenvalue weighted by molar-refractivity contribution is -0.0453. The molecule has 2 aliphatic heterocycles. The van der Waals surface area contributed by atoms with E-state index < -0.39 is 6.10 Å². The van der Waals surface area contributed by atoms with Crippen LogP contribution in [0.2, 0.25) is 0 Å². The summed E-state index contributed by atoms with van der Waals surface area (Å²) in [6, 6.07) is 4.23. The molecule has 5 rings (SSSR count). The van der Waals surface area contributed by atoms with Gasteiger partial charge in [0.2, 0.25) is 0 Å². The maximum atomic E-state index is 10.4. The monoisotopic (exact) mass is 285 g/mol. The van der Waals surface area contributed by atoms with Crippen molar-refractivity contribution in [2.24, 2.45) is 5.92 Å². The first-order valence-corrected chi connectivity index (χ1v) is 7.71. The fourth-order valence-electron chi connectivity index (χ4n) is 5.24. The van der Waals surface area contributed by atoms with Crippen LogP contribution in [0.4, 0.5) is 0 Å². The number of benzene rings is 1. The van der Waals surface area contributed by atoms with Gasteiger partial charge in [0.05, 0.1) is 0 Å². The van der Waals surface area contributed by atoms with Gasteiger partial charge < -0.3 is 19.8 Å². The molecule has 1 aromatic carbocycles. The summed E-state index contributed by atoms with van der Waals surface area (Å²) < 4.78 is 6.09. The summed E-state index contributed by atoms with van der Waals surface area (Å²) in [4.78, 5) is 2.43. The molecule has 1 spiro atoms. The Labute approximate surface area is 123 Å². The third-order valence-electron chi connectivity index (χ3n) is 6.15. The highest BCUT2D eigenvalue weighted by molar-refractivity contribution is 5.61. The van der Waals surface area contributed by atoms with Crippen molar-refractivity contribution in [3.8, 4) is 11.5 Å². The zero-order valence-electron chi connectivity index (χ0n) is 12.0. The topological polar surface area (TPSA) is 52.9 Å². The largest absolute Gasteiger partial charge is 0.504 e. The Balaban J connectivity index is 1.84. The van der Waals surface area contributed by atoms with Gasteiger partial charge in [-0.1, -0.05) is 18.2 Å². The molecule has 21 heavy (non-hydrogen) atoms. The van der Waals surface area contributed by atoms with Crippen LogP contribution in [0.25, 0.3) is 0 Å². The van der Waals surface area contributed by atoms with E-state index in [1.165, 1.54) is 11.1 Å². The number of likely N-dealkylation sites (tertiary alicyclic amines) is 1. The van der Waals surface area contributed by atoms with E-state index in [0.717, 1.165) is 19.4 Å². The molecule has 4 aliphatic rings. The number of phenols is 1. The van der Waals surface area contributed by atoms with Gasteiger partial charge in [0, 0.05) is 22.9 Å². The van der Waals surface area contributed by atoms with Gasteiger partial charge in [0.1, 0.15) is 12.2 Å². The first-order chi connectivity index (χ1) is 10.1. The SMILES string of the molecule is CN1CC[C@]23c4c5ccc(O)c4O[C@H]2C(O)C=C[C@H]3[C@H]1C5. The number of nitrogens with zero attached hydrogens (tertiary/aromatic N) is 1. The summed E-state index contributed by atoms with van der Waals surface area (Å²) in [5, 5.41) is 20.6. The van der Waals surface area contributed by atoms with Crippen LogP contribution in [0.1, 0.15) is 17.5 Å². The third-order valence-corrected chi connectivity index (χ3v) is 6.15. The van der Waals surface area contributed by atoms with Crippen LogP contribution in [-0.2, 0) is 11.8 Å². The van der Waals surface area contributed by atoms with Gasteiger partial charge in [0.15, 0.2) is 11.5 Å². The molecule has 0 aromatic heterocycles. The molecule has 4 heteroatoms. The highest BCUT2D eigenvalue weighted by Gasteiger charge is 2.64. The minimum absolute atomic E-state index is 0.160. The Kier molecular flexibility index (Phi) is 2.08. The van der Waals surface area contributed by atoms with Gasteiger partial charge >= 0.3 is 0 Å². The number of piperidine rings is 1. The molecule has 1 unspecified atom stereocenters. The molecule has 0 amide bonds. The van der Waals surface area contributed by atoms with Crippen LogP contribution in [0.3, 0.4) is 0 Å². The van der Waals surface area contributed by atoms with E-state index in [-0.39, 0.29) is 17.3 Å². The zero-order valence-corrected chi connectivity index (χ0v) is 12.0. The number of ether oxygens (including phenoxy) is 1. The smallest absolute Gasteiger partial charge is 0.165 e. The maximum Gasteiger partial charge on any atom is 0.165 e. The first-order valence-electron chi connectivity index (χ1n) is 7.71. The molecule has 2 aliphatic carbocycles. The third kappa shape index (κ3) is 1.21. The van der Waals surface area contributed by atoms with Crippen LogP contribution in [0.15, 0.2) is 24.3 Å². The molecular formula is C17H19NO3. The van der Waals surface area contributed by atoms with Gasteiger partial charge in [-0.15, -0.1) is 0 Å². The second-order valence-electron chi connectivity index (χ2n) is 6.93. The Morgan fingerprint density at radius 2 is 2.19 bits per heavy atom. The number of hydrogen-bond acceptors (Lipinski definition) is 4. The number of hydrogen-bond donors (Lipinski definition) is 2. The quantitative estimate of drug-likeness (QED) is 0.703. The number of aromatic hydroxyl groups is 1. The Morgan fingerprint density at radius 3 is 3.05 bits per heavy atom. The van der Waals surface area contributed by atoms with Crippen LogP contribution in [0, 0.1) is 5.92 Å². The Hall–Kier alpha value is -1.52. The fourth-order valence-corrected chi connectivity index (χ4v) is 5.24. The second-order valence-corrected chi connectivity index (χ2v) is 6.93. The molecule has 2 N–H and O–H groups in total. The van der Waals surface area contributed by atoms with Crippen LogP contribution >= 0.6 is 0 Å². The summed E-state index contributed by atoms with van der Waals surface area (Å²) in [5.74, 6) is 1.19. The van der Waals surface area contributed by atoms with E-state index in [1.54, 1.807) is 6.07 Å². The molecule has 2 heterocycles. The molecule has 1 aromatic rings. The highest BCUT2D eigenvalue weighted by atomic mass is 16.5. The average molecular weight is 285 g/mol.